The number of benzene rings is 2. The molecular weight excluding hydrogens is 821 g/mol. The van der Waals surface area contributed by atoms with E-state index in [1.54, 1.807) is 23.5 Å². The summed E-state index contributed by atoms with van der Waals surface area (Å²) >= 11 is 11.3. The molecule has 0 radical (unpaired) electrons. The van der Waals surface area contributed by atoms with Gasteiger partial charge < -0.3 is 29.2 Å². The van der Waals surface area contributed by atoms with E-state index in [1.807, 2.05) is 95.6 Å². The SMILES string of the molecule is CC(C)(c1ccc(OCC(CSCCC2SCCS2)OC(=O)C=CC(=O)O)cc1)c1ccc(OCC(CSCCC2SCCS2)OC(=O)C=CC(=O)O)cc1. The number of carboxylic acid groups (broad SMARTS) is 2. The molecule has 2 heterocycles. The lowest BCUT2D eigenvalue weighted by molar-refractivity contribution is -0.144. The van der Waals surface area contributed by atoms with Crippen molar-refractivity contribution in [1.29, 1.82) is 0 Å². The van der Waals surface area contributed by atoms with Gasteiger partial charge in [-0.05, 0) is 59.7 Å². The zero-order valence-corrected chi connectivity index (χ0v) is 35.7. The third-order valence-electron chi connectivity index (χ3n) is 8.30. The van der Waals surface area contributed by atoms with Crippen molar-refractivity contribution in [3.63, 3.8) is 0 Å². The largest absolute Gasteiger partial charge is 0.490 e. The fourth-order valence-corrected chi connectivity index (χ4v) is 13.6. The van der Waals surface area contributed by atoms with Crippen LogP contribution in [0.15, 0.2) is 72.8 Å². The highest BCUT2D eigenvalue weighted by molar-refractivity contribution is 8.20. The molecule has 2 aliphatic heterocycles. The molecule has 2 aliphatic rings. The monoisotopic (exact) mass is 868 g/mol. The van der Waals surface area contributed by atoms with Crippen LogP contribution < -0.4 is 9.47 Å². The van der Waals surface area contributed by atoms with E-state index in [0.717, 1.165) is 59.8 Å². The predicted octanol–water partition coefficient (Wildman–Crippen LogP) is 7.73. The highest BCUT2D eigenvalue weighted by atomic mass is 32.2. The van der Waals surface area contributed by atoms with E-state index in [-0.39, 0.29) is 18.6 Å². The molecule has 0 saturated carbocycles. The van der Waals surface area contributed by atoms with Crippen molar-refractivity contribution < 1.29 is 48.3 Å². The van der Waals surface area contributed by atoms with Gasteiger partial charge in [-0.1, -0.05) is 38.1 Å². The molecule has 16 heteroatoms. The van der Waals surface area contributed by atoms with Gasteiger partial charge in [-0.15, -0.1) is 47.0 Å². The Labute approximate surface area is 348 Å². The van der Waals surface area contributed by atoms with Crippen LogP contribution in [0.3, 0.4) is 0 Å². The third-order valence-corrected chi connectivity index (χ3v) is 16.9. The van der Waals surface area contributed by atoms with Gasteiger partial charge >= 0.3 is 23.9 Å². The summed E-state index contributed by atoms with van der Waals surface area (Å²) in [5.41, 5.74) is 1.75. The van der Waals surface area contributed by atoms with E-state index >= 15 is 0 Å². The third kappa shape index (κ3) is 17.3. The molecule has 300 valence electrons. The summed E-state index contributed by atoms with van der Waals surface area (Å²) in [6.07, 6.45) is 4.40. The molecule has 10 nitrogen and oxygen atoms in total. The summed E-state index contributed by atoms with van der Waals surface area (Å²) in [5, 5.41) is 17.7. The second-order valence-corrected chi connectivity index (χ2v) is 21.0. The average molecular weight is 869 g/mol. The minimum Gasteiger partial charge on any atom is -0.490 e. The molecule has 2 saturated heterocycles. The topological polar surface area (TPSA) is 146 Å². The van der Waals surface area contributed by atoms with E-state index in [4.69, 9.17) is 29.2 Å². The van der Waals surface area contributed by atoms with Crippen molar-refractivity contribution in [2.24, 2.45) is 0 Å². The van der Waals surface area contributed by atoms with Crippen molar-refractivity contribution in [2.45, 2.75) is 53.5 Å². The van der Waals surface area contributed by atoms with Crippen molar-refractivity contribution in [1.82, 2.24) is 0 Å². The molecule has 0 spiro atoms. The fraction of sp³-hybridized carbons (Fsp3) is 0.487. The Morgan fingerprint density at radius 1 is 0.655 bits per heavy atom. The lowest BCUT2D eigenvalue weighted by atomic mass is 9.78. The molecule has 4 rings (SSSR count). The van der Waals surface area contributed by atoms with Gasteiger partial charge in [0, 0.05) is 64.2 Å². The lowest BCUT2D eigenvalue weighted by Crippen LogP contribution is -2.27. The van der Waals surface area contributed by atoms with Gasteiger partial charge in [-0.3, -0.25) is 0 Å². The number of hydrogen-bond acceptors (Lipinski definition) is 14. The Hall–Kier alpha value is -2.50. The Morgan fingerprint density at radius 2 is 1.02 bits per heavy atom. The van der Waals surface area contributed by atoms with Crippen LogP contribution in [0.5, 0.6) is 11.5 Å². The van der Waals surface area contributed by atoms with Crippen LogP contribution >= 0.6 is 70.6 Å². The van der Waals surface area contributed by atoms with E-state index in [2.05, 4.69) is 13.8 Å². The molecule has 0 amide bonds. The Balaban J connectivity index is 1.29. The van der Waals surface area contributed by atoms with E-state index < -0.39 is 36.1 Å². The zero-order chi connectivity index (χ0) is 39.5. The summed E-state index contributed by atoms with van der Waals surface area (Å²) in [6.45, 7) is 4.51. The maximum absolute atomic E-state index is 12.3. The maximum atomic E-state index is 12.3. The zero-order valence-electron chi connectivity index (χ0n) is 30.8. The van der Waals surface area contributed by atoms with Gasteiger partial charge in [0.15, 0.2) is 0 Å². The first-order valence-corrected chi connectivity index (χ1v) is 24.3. The summed E-state index contributed by atoms with van der Waals surface area (Å²) in [7, 11) is 0. The number of hydrogen-bond donors (Lipinski definition) is 2. The maximum Gasteiger partial charge on any atom is 0.331 e. The first kappa shape index (κ1) is 45.2. The summed E-state index contributed by atoms with van der Waals surface area (Å²) in [6, 6.07) is 15.5. The molecule has 0 aliphatic carbocycles. The number of carbonyl (C=O) groups excluding carboxylic acids is 2. The Kier molecular flexibility index (Phi) is 20.0. The molecule has 2 unspecified atom stereocenters. The van der Waals surface area contributed by atoms with Gasteiger partial charge in [-0.25, -0.2) is 19.2 Å². The van der Waals surface area contributed by atoms with Gasteiger partial charge in [0.1, 0.15) is 36.9 Å². The molecule has 2 fully saturated rings. The lowest BCUT2D eigenvalue weighted by Gasteiger charge is -2.27. The van der Waals surface area contributed by atoms with E-state index in [9.17, 15) is 19.2 Å². The summed E-state index contributed by atoms with van der Waals surface area (Å²) in [5.74, 6) is 5.03. The Bertz CT molecular complexity index is 1460. The minimum absolute atomic E-state index is 0.132. The quantitative estimate of drug-likeness (QED) is 0.0602. The summed E-state index contributed by atoms with van der Waals surface area (Å²) in [4.78, 5) is 46.2. The second-order valence-electron chi connectivity index (χ2n) is 12.8. The normalized spacial score (nSPS) is 16.3. The molecule has 55 heavy (non-hydrogen) atoms. The van der Waals surface area contributed by atoms with Gasteiger partial charge in [-0.2, -0.15) is 23.5 Å². The number of ether oxygens (including phenoxy) is 4. The fourth-order valence-electron chi connectivity index (χ4n) is 5.34. The van der Waals surface area contributed by atoms with Crippen LogP contribution in [0, 0.1) is 0 Å². The molecule has 2 aromatic rings. The van der Waals surface area contributed by atoms with Crippen molar-refractivity contribution in [3.05, 3.63) is 84.0 Å². The van der Waals surface area contributed by atoms with Crippen molar-refractivity contribution >= 4 is 94.4 Å². The molecule has 2 N–H and O–H groups in total. The average Bonchev–Trinajstić information content (AvgIpc) is 3.90. The number of carboxylic acids is 2. The molecule has 2 atom stereocenters. The number of thioether (sulfide) groups is 6. The van der Waals surface area contributed by atoms with Crippen LogP contribution in [0.2, 0.25) is 0 Å². The first-order valence-electron chi connectivity index (χ1n) is 17.8. The molecule has 0 bridgehead atoms. The van der Waals surface area contributed by atoms with Crippen molar-refractivity contribution in [3.8, 4) is 11.5 Å². The van der Waals surface area contributed by atoms with Crippen LogP contribution in [-0.4, -0.2) is 115 Å². The number of carbonyl (C=O) groups is 4. The molecule has 0 aromatic heterocycles. The van der Waals surface area contributed by atoms with Crippen LogP contribution in [0.1, 0.15) is 37.8 Å². The number of rotatable bonds is 24. The molecular formula is C39H48O10S6. The van der Waals surface area contributed by atoms with E-state index in [1.165, 1.54) is 23.0 Å². The van der Waals surface area contributed by atoms with Crippen LogP contribution in [0.4, 0.5) is 0 Å². The van der Waals surface area contributed by atoms with Crippen LogP contribution in [0.25, 0.3) is 0 Å². The molecule has 2 aromatic carbocycles. The van der Waals surface area contributed by atoms with Crippen LogP contribution in [-0.2, 0) is 34.1 Å². The van der Waals surface area contributed by atoms with Gasteiger partial charge in [0.05, 0.1) is 9.16 Å². The minimum atomic E-state index is -1.22. The smallest absolute Gasteiger partial charge is 0.331 e. The Morgan fingerprint density at radius 3 is 1.36 bits per heavy atom. The summed E-state index contributed by atoms with van der Waals surface area (Å²) < 4.78 is 24.4. The predicted molar refractivity (Wildman–Crippen MR) is 231 cm³/mol. The van der Waals surface area contributed by atoms with Crippen molar-refractivity contribution in [2.75, 3.05) is 59.2 Å². The number of esters is 2. The van der Waals surface area contributed by atoms with Gasteiger partial charge in [0.2, 0.25) is 0 Å². The highest BCUT2D eigenvalue weighted by Crippen LogP contribution is 2.36. The van der Waals surface area contributed by atoms with E-state index in [0.29, 0.717) is 32.2 Å². The van der Waals surface area contributed by atoms with Gasteiger partial charge in [0.25, 0.3) is 0 Å². The highest BCUT2D eigenvalue weighted by Gasteiger charge is 2.24. The number of aliphatic carboxylic acids is 2. The standard InChI is InChI=1S/C39H48O10S6/c1-39(2,27-3-7-29(8-4-27)46-23-31(48-35(44)13-11-33(40)41)25-50-17-15-37-52-19-20-53-37)28-5-9-30(10-6-28)47-24-32(49-36(45)14-12-34(42)43)26-51-18-16-38-54-21-22-55-38/h3-14,31-32,37-38H,15-26H2,1-2H3,(H,40,41)(H,42,43). The first-order chi connectivity index (χ1) is 26.5. The second kappa shape index (κ2) is 24.3.